The number of aromatic carboxylic acids is 1. The molecule has 5 heterocycles. The van der Waals surface area contributed by atoms with E-state index in [-0.39, 0.29) is 21.9 Å². The van der Waals surface area contributed by atoms with Gasteiger partial charge in [-0.15, -0.1) is 0 Å². The lowest BCUT2D eigenvalue weighted by atomic mass is 9.77. The number of pyridine rings is 3. The Kier molecular flexibility index (Phi) is 6.28. The molecule has 0 amide bonds. The van der Waals surface area contributed by atoms with E-state index < -0.39 is 23.0 Å². The average molecular weight is 587 g/mol. The summed E-state index contributed by atoms with van der Waals surface area (Å²) >= 11 is 0. The molecular weight excluding hydrogens is 554 g/mol. The average Bonchev–Trinajstić information content (AvgIpc) is 3.57. The quantitative estimate of drug-likeness (QED) is 0.317. The van der Waals surface area contributed by atoms with E-state index in [1.54, 1.807) is 32.6 Å². The summed E-state index contributed by atoms with van der Waals surface area (Å²) in [6.07, 6.45) is 8.03. The van der Waals surface area contributed by atoms with Crippen LogP contribution < -0.4 is 15.6 Å². The van der Waals surface area contributed by atoms with E-state index >= 15 is 4.39 Å². The number of halogens is 2. The molecule has 0 bridgehead atoms. The van der Waals surface area contributed by atoms with Crippen LogP contribution in [0.25, 0.3) is 33.3 Å². The number of hydrogen-bond donors (Lipinski definition) is 2. The minimum atomic E-state index is -1.32. The van der Waals surface area contributed by atoms with Crippen molar-refractivity contribution in [1.82, 2.24) is 19.4 Å². The second kappa shape index (κ2) is 9.84. The van der Waals surface area contributed by atoms with Crippen LogP contribution in [-0.2, 0) is 13.5 Å². The first-order valence-electron chi connectivity index (χ1n) is 14.5. The number of anilines is 2. The van der Waals surface area contributed by atoms with Crippen molar-refractivity contribution in [3.05, 3.63) is 69.4 Å². The summed E-state index contributed by atoms with van der Waals surface area (Å²) in [4.78, 5) is 38.9. The Morgan fingerprint density at radius 3 is 2.47 bits per heavy atom. The van der Waals surface area contributed by atoms with Crippen LogP contribution in [0.2, 0.25) is 0 Å². The molecule has 0 radical (unpaired) electrons. The van der Waals surface area contributed by atoms with Gasteiger partial charge in [-0.2, -0.15) is 0 Å². The van der Waals surface area contributed by atoms with Crippen LogP contribution in [0.3, 0.4) is 0 Å². The van der Waals surface area contributed by atoms with Crippen molar-refractivity contribution in [3.8, 4) is 22.3 Å². The predicted octanol–water partition coefficient (Wildman–Crippen LogP) is 4.51. The summed E-state index contributed by atoms with van der Waals surface area (Å²) in [6, 6.07) is 2.82. The second-order valence-corrected chi connectivity index (χ2v) is 12.2. The largest absolute Gasteiger partial charge is 0.477 e. The van der Waals surface area contributed by atoms with Crippen LogP contribution in [0.4, 0.5) is 20.2 Å². The van der Waals surface area contributed by atoms with Gasteiger partial charge in [-0.25, -0.2) is 18.6 Å². The maximum Gasteiger partial charge on any atom is 0.341 e. The fraction of sp³-hybridized carbons (Fsp3) is 0.375. The Bertz CT molecular complexity index is 1900. The van der Waals surface area contributed by atoms with Gasteiger partial charge in [0.2, 0.25) is 5.43 Å². The van der Waals surface area contributed by atoms with Gasteiger partial charge in [0, 0.05) is 92.7 Å². The highest BCUT2D eigenvalue weighted by atomic mass is 19.2. The number of carbonyl (C=O) groups is 1. The highest BCUT2D eigenvalue weighted by molar-refractivity contribution is 5.98. The first-order valence-corrected chi connectivity index (χ1v) is 14.5. The van der Waals surface area contributed by atoms with Crippen molar-refractivity contribution >= 4 is 28.4 Å². The zero-order valence-electron chi connectivity index (χ0n) is 24.3. The molecule has 11 heteroatoms. The van der Waals surface area contributed by atoms with Crippen LogP contribution in [-0.4, -0.2) is 70.8 Å². The van der Waals surface area contributed by atoms with Crippen LogP contribution >= 0.6 is 0 Å². The van der Waals surface area contributed by atoms with Crippen molar-refractivity contribution < 1.29 is 18.7 Å². The first-order chi connectivity index (χ1) is 20.6. The number of likely N-dealkylation sites (tertiary alicyclic amines) is 1. The molecule has 0 atom stereocenters. The maximum atomic E-state index is 15.7. The van der Waals surface area contributed by atoms with E-state index in [1.807, 2.05) is 0 Å². The van der Waals surface area contributed by atoms with Crippen LogP contribution in [0.5, 0.6) is 0 Å². The Balaban J connectivity index is 1.45. The third kappa shape index (κ3) is 4.20. The number of aromatic nitrogens is 3. The van der Waals surface area contributed by atoms with Crippen molar-refractivity contribution in [1.29, 1.82) is 0 Å². The van der Waals surface area contributed by atoms with Gasteiger partial charge in [0.05, 0.1) is 16.8 Å². The Labute approximate surface area is 246 Å². The standard InChI is InChI=1S/C32H32F2N6O3/c1-35-23-12-22(33)27(34)25-18(23)11-24-26(25)28(40-8-5-32(6-9-40)4-7-38(2)16-32)20(14-36-24)17-10-19-29(41)21(31(42)43)15-39(3)30(19)37-13-17/h10,12-15,35H,4-9,11,16H2,1-3H3,(H,42,43). The number of fused-ring (bicyclic) bond motifs is 4. The molecule has 1 aliphatic carbocycles. The number of carboxylic acids is 1. The molecule has 43 heavy (non-hydrogen) atoms. The normalized spacial score (nSPS) is 17.5. The molecule has 4 aromatic rings. The predicted molar refractivity (Wildman–Crippen MR) is 161 cm³/mol. The third-order valence-electron chi connectivity index (χ3n) is 9.64. The van der Waals surface area contributed by atoms with Gasteiger partial charge in [0.25, 0.3) is 0 Å². The molecule has 2 aliphatic heterocycles. The maximum absolute atomic E-state index is 15.7. The van der Waals surface area contributed by atoms with Gasteiger partial charge in [0.15, 0.2) is 11.6 Å². The number of hydrogen-bond acceptors (Lipinski definition) is 7. The second-order valence-electron chi connectivity index (χ2n) is 12.2. The Morgan fingerprint density at radius 2 is 1.79 bits per heavy atom. The molecule has 222 valence electrons. The third-order valence-corrected chi connectivity index (χ3v) is 9.64. The molecule has 3 aliphatic rings. The summed E-state index contributed by atoms with van der Waals surface area (Å²) < 4.78 is 32.2. The van der Waals surface area contributed by atoms with Crippen molar-refractivity contribution in [2.75, 3.05) is 50.5 Å². The number of piperidine rings is 1. The summed E-state index contributed by atoms with van der Waals surface area (Å²) in [6.45, 7) is 3.57. The summed E-state index contributed by atoms with van der Waals surface area (Å²) in [5.74, 6) is -3.16. The number of aryl methyl sites for hydroxylation is 1. The highest BCUT2D eigenvalue weighted by Crippen LogP contribution is 2.51. The van der Waals surface area contributed by atoms with Gasteiger partial charge < -0.3 is 24.8 Å². The lowest BCUT2D eigenvalue weighted by Crippen LogP contribution is -2.41. The van der Waals surface area contributed by atoms with Crippen LogP contribution in [0, 0.1) is 17.0 Å². The van der Waals surface area contributed by atoms with E-state index in [1.165, 1.54) is 16.8 Å². The zero-order chi connectivity index (χ0) is 30.2. The first kappa shape index (κ1) is 27.5. The molecule has 0 saturated carbocycles. The van der Waals surface area contributed by atoms with Gasteiger partial charge in [-0.05, 0) is 49.9 Å². The van der Waals surface area contributed by atoms with E-state index in [4.69, 9.17) is 4.98 Å². The van der Waals surface area contributed by atoms with Gasteiger partial charge in [0.1, 0.15) is 11.2 Å². The lowest BCUT2D eigenvalue weighted by molar-refractivity contribution is 0.0695. The Morgan fingerprint density at radius 1 is 1.05 bits per heavy atom. The number of nitrogens with one attached hydrogen (secondary N) is 1. The number of carboxylic acid groups (broad SMARTS) is 1. The monoisotopic (exact) mass is 586 g/mol. The van der Waals surface area contributed by atoms with Crippen molar-refractivity contribution in [2.24, 2.45) is 12.5 Å². The molecule has 3 aromatic heterocycles. The van der Waals surface area contributed by atoms with E-state index in [0.29, 0.717) is 45.7 Å². The van der Waals surface area contributed by atoms with Crippen LogP contribution in [0.15, 0.2) is 35.5 Å². The van der Waals surface area contributed by atoms with Gasteiger partial charge in [-0.1, -0.05) is 0 Å². The highest BCUT2D eigenvalue weighted by Gasteiger charge is 2.41. The molecule has 2 fully saturated rings. The number of nitrogens with zero attached hydrogens (tertiary/aromatic N) is 5. The number of rotatable bonds is 4. The molecule has 2 N–H and O–H groups in total. The van der Waals surface area contributed by atoms with Crippen molar-refractivity contribution in [3.63, 3.8) is 0 Å². The topological polar surface area (TPSA) is 104 Å². The molecular formula is C32H32F2N6O3. The minimum Gasteiger partial charge on any atom is -0.477 e. The van der Waals surface area contributed by atoms with E-state index in [9.17, 15) is 19.1 Å². The van der Waals surface area contributed by atoms with Crippen molar-refractivity contribution in [2.45, 2.75) is 25.7 Å². The summed E-state index contributed by atoms with van der Waals surface area (Å²) in [7, 11) is 5.47. The van der Waals surface area contributed by atoms with E-state index in [0.717, 1.165) is 51.1 Å². The number of benzene rings is 1. The molecule has 1 aromatic carbocycles. The minimum absolute atomic E-state index is 0.160. The Hall–Kier alpha value is -4.38. The summed E-state index contributed by atoms with van der Waals surface area (Å²) in [5, 5.41) is 12.8. The van der Waals surface area contributed by atoms with Crippen LogP contribution in [0.1, 0.15) is 40.9 Å². The van der Waals surface area contributed by atoms with Gasteiger partial charge in [-0.3, -0.25) is 9.78 Å². The molecule has 1 spiro atoms. The molecule has 2 saturated heterocycles. The molecule has 9 nitrogen and oxygen atoms in total. The summed E-state index contributed by atoms with van der Waals surface area (Å²) in [5.41, 5.74) is 4.14. The fourth-order valence-electron chi connectivity index (χ4n) is 7.41. The molecule has 0 unspecified atom stereocenters. The fourth-order valence-corrected chi connectivity index (χ4v) is 7.41. The van der Waals surface area contributed by atoms with Gasteiger partial charge >= 0.3 is 5.97 Å². The molecule has 7 rings (SSSR count). The van der Waals surface area contributed by atoms with E-state index in [2.05, 4.69) is 27.1 Å². The lowest BCUT2D eigenvalue weighted by Gasteiger charge is -2.41. The SMILES string of the molecule is CNc1cc(F)c(F)c2c1Cc1ncc(-c3cnc4c(c3)c(=O)c(C(=O)O)cn4C)c(N3CCC4(CCN(C)C4)CC3)c1-2. The smallest absolute Gasteiger partial charge is 0.341 e. The zero-order valence-corrected chi connectivity index (χ0v) is 24.3.